The van der Waals surface area contributed by atoms with E-state index in [4.69, 9.17) is 0 Å². The smallest absolute Gasteiger partial charge is 0.317 e. The Balaban J connectivity index is 1.78. The fraction of sp³-hybridized carbons (Fsp3) is 0.600. The van der Waals surface area contributed by atoms with Crippen molar-refractivity contribution >= 4 is 11.7 Å². The second-order valence-corrected chi connectivity index (χ2v) is 5.38. The Morgan fingerprint density at radius 1 is 1.40 bits per heavy atom. The average Bonchev–Trinajstić information content (AvgIpc) is 2.53. The Morgan fingerprint density at radius 3 is 2.75 bits per heavy atom. The van der Waals surface area contributed by atoms with Gasteiger partial charge in [-0.05, 0) is 18.1 Å². The minimum atomic E-state index is 0.0659. The van der Waals surface area contributed by atoms with Crippen LogP contribution in [0.15, 0.2) is 24.5 Å². The second-order valence-electron chi connectivity index (χ2n) is 5.38. The van der Waals surface area contributed by atoms with Crippen LogP contribution in [0.3, 0.4) is 0 Å². The van der Waals surface area contributed by atoms with Gasteiger partial charge in [0.25, 0.3) is 0 Å². The summed E-state index contributed by atoms with van der Waals surface area (Å²) in [5, 5.41) is 3.01. The predicted octanol–water partition coefficient (Wildman–Crippen LogP) is 1.96. The van der Waals surface area contributed by atoms with E-state index >= 15 is 0 Å². The first kappa shape index (κ1) is 14.6. The number of nitrogens with one attached hydrogen (secondary N) is 1. The van der Waals surface area contributed by atoms with E-state index in [0.29, 0.717) is 5.92 Å². The zero-order valence-electron chi connectivity index (χ0n) is 12.4. The SMILES string of the molecule is CC[C@H](C)CNC(=O)N1CCN(c2cccnc2)CC1. The molecule has 0 spiro atoms. The van der Waals surface area contributed by atoms with Gasteiger partial charge in [-0.15, -0.1) is 0 Å². The molecular weight excluding hydrogens is 252 g/mol. The van der Waals surface area contributed by atoms with Gasteiger partial charge in [0.05, 0.1) is 11.9 Å². The van der Waals surface area contributed by atoms with Crippen LogP contribution in [-0.4, -0.2) is 48.6 Å². The number of hydrogen-bond donors (Lipinski definition) is 1. The number of anilines is 1. The van der Waals surface area contributed by atoms with Gasteiger partial charge in [0.1, 0.15) is 0 Å². The lowest BCUT2D eigenvalue weighted by atomic mass is 10.1. The molecule has 1 N–H and O–H groups in total. The maximum absolute atomic E-state index is 12.0. The number of rotatable bonds is 4. The van der Waals surface area contributed by atoms with Crippen LogP contribution in [0.2, 0.25) is 0 Å². The van der Waals surface area contributed by atoms with Crippen molar-refractivity contribution in [2.24, 2.45) is 5.92 Å². The van der Waals surface area contributed by atoms with E-state index in [0.717, 1.165) is 44.8 Å². The highest BCUT2D eigenvalue weighted by molar-refractivity contribution is 5.74. The van der Waals surface area contributed by atoms with E-state index in [1.165, 1.54) is 0 Å². The molecule has 0 bridgehead atoms. The summed E-state index contributed by atoms with van der Waals surface area (Å²) in [5.74, 6) is 0.538. The van der Waals surface area contributed by atoms with Crippen molar-refractivity contribution < 1.29 is 4.79 Å². The van der Waals surface area contributed by atoms with Gasteiger partial charge in [0.15, 0.2) is 0 Å². The van der Waals surface area contributed by atoms with Crippen molar-refractivity contribution in [2.75, 3.05) is 37.6 Å². The number of carbonyl (C=O) groups is 1. The lowest BCUT2D eigenvalue weighted by molar-refractivity contribution is 0.192. The molecule has 2 heterocycles. The molecule has 110 valence electrons. The number of aromatic nitrogens is 1. The quantitative estimate of drug-likeness (QED) is 0.914. The Morgan fingerprint density at radius 2 is 2.15 bits per heavy atom. The van der Waals surface area contributed by atoms with Crippen LogP contribution in [0.1, 0.15) is 20.3 Å². The van der Waals surface area contributed by atoms with Crippen LogP contribution in [0.4, 0.5) is 10.5 Å². The van der Waals surface area contributed by atoms with Crippen molar-refractivity contribution in [3.05, 3.63) is 24.5 Å². The van der Waals surface area contributed by atoms with Crippen molar-refractivity contribution in [1.29, 1.82) is 0 Å². The van der Waals surface area contributed by atoms with Gasteiger partial charge in [0.2, 0.25) is 0 Å². The van der Waals surface area contributed by atoms with E-state index in [1.54, 1.807) is 6.20 Å². The molecule has 0 unspecified atom stereocenters. The molecule has 20 heavy (non-hydrogen) atoms. The maximum atomic E-state index is 12.0. The largest absolute Gasteiger partial charge is 0.367 e. The van der Waals surface area contributed by atoms with Gasteiger partial charge in [-0.2, -0.15) is 0 Å². The van der Waals surface area contributed by atoms with Crippen LogP contribution in [0, 0.1) is 5.92 Å². The number of amides is 2. The highest BCUT2D eigenvalue weighted by Crippen LogP contribution is 2.14. The molecule has 1 aliphatic heterocycles. The average molecular weight is 276 g/mol. The predicted molar refractivity (Wildman–Crippen MR) is 80.9 cm³/mol. The van der Waals surface area contributed by atoms with E-state index in [-0.39, 0.29) is 6.03 Å². The Labute approximate surface area is 121 Å². The van der Waals surface area contributed by atoms with Gasteiger partial charge in [-0.3, -0.25) is 4.98 Å². The van der Waals surface area contributed by atoms with Gasteiger partial charge >= 0.3 is 6.03 Å². The summed E-state index contributed by atoms with van der Waals surface area (Å²) in [4.78, 5) is 20.4. The van der Waals surface area contributed by atoms with Crippen molar-refractivity contribution in [3.8, 4) is 0 Å². The minimum absolute atomic E-state index is 0.0659. The van der Waals surface area contributed by atoms with Crippen LogP contribution in [-0.2, 0) is 0 Å². The third kappa shape index (κ3) is 3.85. The molecule has 1 aliphatic rings. The van der Waals surface area contributed by atoms with E-state index < -0.39 is 0 Å². The molecule has 1 fully saturated rings. The number of nitrogens with zero attached hydrogens (tertiary/aromatic N) is 3. The molecule has 1 aromatic rings. The fourth-order valence-corrected chi connectivity index (χ4v) is 2.23. The van der Waals surface area contributed by atoms with E-state index in [1.807, 2.05) is 17.2 Å². The normalized spacial score (nSPS) is 16.9. The topological polar surface area (TPSA) is 48.5 Å². The maximum Gasteiger partial charge on any atom is 0.317 e. The van der Waals surface area contributed by atoms with Crippen molar-refractivity contribution in [1.82, 2.24) is 15.2 Å². The summed E-state index contributed by atoms with van der Waals surface area (Å²) in [6, 6.07) is 4.07. The van der Waals surface area contributed by atoms with Crippen molar-refractivity contribution in [2.45, 2.75) is 20.3 Å². The van der Waals surface area contributed by atoms with E-state index in [2.05, 4.69) is 35.1 Å². The summed E-state index contributed by atoms with van der Waals surface area (Å²) in [5.41, 5.74) is 1.13. The molecule has 0 aromatic carbocycles. The third-order valence-corrected chi connectivity index (χ3v) is 3.88. The molecule has 0 radical (unpaired) electrons. The zero-order valence-corrected chi connectivity index (χ0v) is 12.4. The molecule has 2 rings (SSSR count). The van der Waals surface area contributed by atoms with Gasteiger partial charge in [0, 0.05) is 38.9 Å². The van der Waals surface area contributed by atoms with Crippen LogP contribution in [0.25, 0.3) is 0 Å². The number of carbonyl (C=O) groups excluding carboxylic acids is 1. The summed E-state index contributed by atoms with van der Waals surface area (Å²) >= 11 is 0. The first-order valence-electron chi connectivity index (χ1n) is 7.38. The summed E-state index contributed by atoms with van der Waals surface area (Å²) in [6.45, 7) is 8.32. The molecule has 2 amide bonds. The number of pyridine rings is 1. The zero-order chi connectivity index (χ0) is 14.4. The summed E-state index contributed by atoms with van der Waals surface area (Å²) < 4.78 is 0. The van der Waals surface area contributed by atoms with Gasteiger partial charge in [-0.25, -0.2) is 4.79 Å². The van der Waals surface area contributed by atoms with Crippen LogP contribution < -0.4 is 10.2 Å². The molecule has 1 atom stereocenters. The summed E-state index contributed by atoms with van der Waals surface area (Å²) in [7, 11) is 0. The number of urea groups is 1. The molecular formula is C15H24N4O. The number of piperazine rings is 1. The van der Waals surface area contributed by atoms with Crippen LogP contribution in [0.5, 0.6) is 0 Å². The molecule has 0 saturated carbocycles. The van der Waals surface area contributed by atoms with Crippen LogP contribution >= 0.6 is 0 Å². The monoisotopic (exact) mass is 276 g/mol. The first-order valence-corrected chi connectivity index (χ1v) is 7.38. The highest BCUT2D eigenvalue weighted by Gasteiger charge is 2.21. The van der Waals surface area contributed by atoms with Gasteiger partial charge < -0.3 is 15.1 Å². The lowest BCUT2D eigenvalue weighted by Gasteiger charge is -2.36. The highest BCUT2D eigenvalue weighted by atomic mass is 16.2. The minimum Gasteiger partial charge on any atom is -0.367 e. The molecule has 1 saturated heterocycles. The molecule has 5 heteroatoms. The Hall–Kier alpha value is -1.78. The Bertz CT molecular complexity index is 415. The molecule has 1 aromatic heterocycles. The first-order chi connectivity index (χ1) is 9.70. The molecule has 0 aliphatic carbocycles. The standard InChI is InChI=1S/C15H24N4O/c1-3-13(2)11-17-15(20)19-9-7-18(8-10-19)14-5-4-6-16-12-14/h4-6,12-13H,3,7-11H2,1-2H3,(H,17,20)/t13-/m0/s1. The second kappa shape index (κ2) is 7.12. The van der Waals surface area contributed by atoms with Gasteiger partial charge in [-0.1, -0.05) is 20.3 Å². The lowest BCUT2D eigenvalue weighted by Crippen LogP contribution is -2.52. The van der Waals surface area contributed by atoms with Crippen molar-refractivity contribution in [3.63, 3.8) is 0 Å². The fourth-order valence-electron chi connectivity index (χ4n) is 2.23. The Kier molecular flexibility index (Phi) is 5.21. The third-order valence-electron chi connectivity index (χ3n) is 3.88. The summed E-state index contributed by atoms with van der Waals surface area (Å²) in [6.07, 6.45) is 4.75. The molecule has 5 nitrogen and oxygen atoms in total. The van der Waals surface area contributed by atoms with E-state index in [9.17, 15) is 4.79 Å². The number of hydrogen-bond acceptors (Lipinski definition) is 3.